The van der Waals surface area contributed by atoms with Crippen LogP contribution in [0.4, 0.5) is 11.5 Å². The molecule has 2 saturated heterocycles. The molecule has 3 aliphatic heterocycles. The molecule has 5 heteroatoms. The van der Waals surface area contributed by atoms with Crippen LogP contribution in [0.25, 0.3) is 10.9 Å². The number of pyridine rings is 1. The van der Waals surface area contributed by atoms with Crippen LogP contribution in [-0.4, -0.2) is 30.4 Å². The molecule has 2 aromatic rings. The van der Waals surface area contributed by atoms with Gasteiger partial charge in [0.05, 0.1) is 5.52 Å². The number of fused-ring (bicyclic) bond motifs is 5. The van der Waals surface area contributed by atoms with E-state index >= 15 is 0 Å². The van der Waals surface area contributed by atoms with Gasteiger partial charge in [-0.2, -0.15) is 0 Å². The minimum absolute atomic E-state index is 0.112. The SMILES string of the molecule is CC(C)C1CCCN(c2nc3ccc(Cl)cc3c3c2N=CC2OC32)CC1. The van der Waals surface area contributed by atoms with Gasteiger partial charge in [-0.15, -0.1) is 0 Å². The van der Waals surface area contributed by atoms with Crippen molar-refractivity contribution in [3.05, 3.63) is 28.8 Å². The minimum Gasteiger partial charge on any atom is -0.358 e. The van der Waals surface area contributed by atoms with Crippen LogP contribution in [0.3, 0.4) is 0 Å². The number of ether oxygens (including phenoxy) is 1. The number of epoxide rings is 1. The van der Waals surface area contributed by atoms with E-state index in [4.69, 9.17) is 26.3 Å². The summed E-state index contributed by atoms with van der Waals surface area (Å²) in [6, 6.07) is 5.94. The average Bonchev–Trinajstić information content (AvgIpc) is 3.43. The molecule has 0 N–H and O–H groups in total. The van der Waals surface area contributed by atoms with Gasteiger partial charge in [0.1, 0.15) is 17.9 Å². The van der Waals surface area contributed by atoms with Crippen LogP contribution in [-0.2, 0) is 4.74 Å². The maximum absolute atomic E-state index is 6.26. The molecular formula is C21H24ClN3O. The van der Waals surface area contributed by atoms with Gasteiger partial charge in [-0.05, 0) is 49.3 Å². The van der Waals surface area contributed by atoms with E-state index < -0.39 is 0 Å². The van der Waals surface area contributed by atoms with Gasteiger partial charge < -0.3 is 9.64 Å². The lowest BCUT2D eigenvalue weighted by molar-refractivity contribution is 0.351. The van der Waals surface area contributed by atoms with E-state index in [1.54, 1.807) is 0 Å². The maximum Gasteiger partial charge on any atom is 0.155 e. The predicted octanol–water partition coefficient (Wildman–Crippen LogP) is 5.31. The summed E-state index contributed by atoms with van der Waals surface area (Å²) in [4.78, 5) is 12.2. The van der Waals surface area contributed by atoms with Gasteiger partial charge in [-0.1, -0.05) is 25.4 Å². The molecule has 3 unspecified atom stereocenters. The molecule has 2 fully saturated rings. The molecule has 4 nitrogen and oxygen atoms in total. The normalized spacial score (nSPS) is 27.4. The molecular weight excluding hydrogens is 346 g/mol. The Morgan fingerprint density at radius 2 is 2.12 bits per heavy atom. The highest BCUT2D eigenvalue weighted by Gasteiger charge is 2.45. The number of anilines is 1. The molecule has 1 aromatic heterocycles. The van der Waals surface area contributed by atoms with Gasteiger partial charge in [0.2, 0.25) is 0 Å². The highest BCUT2D eigenvalue weighted by Crippen LogP contribution is 2.51. The molecule has 0 spiro atoms. The van der Waals surface area contributed by atoms with E-state index in [2.05, 4.69) is 18.7 Å². The van der Waals surface area contributed by atoms with Crippen LogP contribution in [0.5, 0.6) is 0 Å². The number of halogens is 1. The van der Waals surface area contributed by atoms with Crippen molar-refractivity contribution in [1.29, 1.82) is 0 Å². The Kier molecular flexibility index (Phi) is 3.94. The molecule has 0 aliphatic carbocycles. The van der Waals surface area contributed by atoms with Gasteiger partial charge in [0, 0.05) is 35.3 Å². The molecule has 0 saturated carbocycles. The van der Waals surface area contributed by atoms with Crippen LogP contribution in [0, 0.1) is 11.8 Å². The number of nitrogens with zero attached hydrogens (tertiary/aromatic N) is 3. The zero-order valence-corrected chi connectivity index (χ0v) is 16.0. The van der Waals surface area contributed by atoms with Gasteiger partial charge in [0.15, 0.2) is 5.82 Å². The smallest absolute Gasteiger partial charge is 0.155 e. The average molecular weight is 370 g/mol. The number of aliphatic imine (C=N–C) groups is 1. The molecule has 4 heterocycles. The van der Waals surface area contributed by atoms with E-state index in [1.807, 2.05) is 24.4 Å². The van der Waals surface area contributed by atoms with Gasteiger partial charge in [0.25, 0.3) is 0 Å². The summed E-state index contributed by atoms with van der Waals surface area (Å²) < 4.78 is 5.83. The largest absolute Gasteiger partial charge is 0.358 e. The molecule has 0 amide bonds. The van der Waals surface area contributed by atoms with E-state index in [0.717, 1.165) is 52.4 Å². The van der Waals surface area contributed by atoms with E-state index in [0.29, 0.717) is 0 Å². The summed E-state index contributed by atoms with van der Waals surface area (Å²) in [6.45, 7) is 6.78. The fourth-order valence-corrected chi connectivity index (χ4v) is 4.66. The predicted molar refractivity (Wildman–Crippen MR) is 107 cm³/mol. The first-order chi connectivity index (χ1) is 12.6. The standard InChI is InChI=1S/C21H24ClN3O/c1-12(2)13-4-3-8-25(9-7-13)21-19-18(20-17(26-20)11-23-19)15-10-14(22)5-6-16(15)24-21/h5-6,10-13,17,20H,3-4,7-9H2,1-2H3. The van der Waals surface area contributed by atoms with Gasteiger partial charge >= 0.3 is 0 Å². The Morgan fingerprint density at radius 3 is 2.96 bits per heavy atom. The molecule has 0 bridgehead atoms. The Hall–Kier alpha value is -1.65. The van der Waals surface area contributed by atoms with Crippen LogP contribution >= 0.6 is 11.6 Å². The Labute approximate surface area is 159 Å². The molecule has 3 atom stereocenters. The first-order valence-electron chi connectivity index (χ1n) is 9.69. The quantitative estimate of drug-likeness (QED) is 0.674. The second kappa shape index (κ2) is 6.21. The highest BCUT2D eigenvalue weighted by molar-refractivity contribution is 6.31. The van der Waals surface area contributed by atoms with E-state index in [1.165, 1.54) is 24.8 Å². The molecule has 1 aromatic carbocycles. The summed E-state index contributed by atoms with van der Waals surface area (Å²) in [5.74, 6) is 2.56. The number of hydrogen-bond donors (Lipinski definition) is 0. The second-order valence-corrected chi connectivity index (χ2v) is 8.52. The van der Waals surface area contributed by atoms with E-state index in [9.17, 15) is 0 Å². The zero-order valence-electron chi connectivity index (χ0n) is 15.3. The van der Waals surface area contributed by atoms with Gasteiger partial charge in [-0.25, -0.2) is 4.98 Å². The van der Waals surface area contributed by atoms with Crippen molar-refractivity contribution in [2.75, 3.05) is 18.0 Å². The topological polar surface area (TPSA) is 41.0 Å². The van der Waals surface area contributed by atoms with Crippen LogP contribution < -0.4 is 4.90 Å². The van der Waals surface area contributed by atoms with Gasteiger partial charge in [-0.3, -0.25) is 4.99 Å². The number of rotatable bonds is 2. The number of hydrogen-bond acceptors (Lipinski definition) is 4. The number of aromatic nitrogens is 1. The fraction of sp³-hybridized carbons (Fsp3) is 0.524. The third-order valence-electron chi connectivity index (χ3n) is 6.12. The monoisotopic (exact) mass is 369 g/mol. The van der Waals surface area contributed by atoms with E-state index in [-0.39, 0.29) is 12.2 Å². The van der Waals surface area contributed by atoms with Crippen molar-refractivity contribution in [2.24, 2.45) is 16.8 Å². The summed E-state index contributed by atoms with van der Waals surface area (Å²) in [6.07, 6.45) is 5.90. The first-order valence-corrected chi connectivity index (χ1v) is 10.1. The lowest BCUT2D eigenvalue weighted by Gasteiger charge is -2.26. The van der Waals surface area contributed by atoms with Crippen molar-refractivity contribution in [1.82, 2.24) is 4.98 Å². The minimum atomic E-state index is 0.112. The van der Waals surface area contributed by atoms with Crippen molar-refractivity contribution in [2.45, 2.75) is 45.3 Å². The van der Waals surface area contributed by atoms with Crippen LogP contribution in [0.1, 0.15) is 44.8 Å². The molecule has 3 aliphatic rings. The molecule has 0 radical (unpaired) electrons. The fourth-order valence-electron chi connectivity index (χ4n) is 4.49. The Bertz CT molecular complexity index is 894. The lowest BCUT2D eigenvalue weighted by atomic mass is 9.89. The Morgan fingerprint density at radius 1 is 1.23 bits per heavy atom. The molecule has 136 valence electrons. The maximum atomic E-state index is 6.26. The lowest BCUT2D eigenvalue weighted by Crippen LogP contribution is -2.26. The Balaban J connectivity index is 1.60. The van der Waals surface area contributed by atoms with Crippen molar-refractivity contribution in [3.63, 3.8) is 0 Å². The van der Waals surface area contributed by atoms with Crippen molar-refractivity contribution >= 4 is 40.2 Å². The van der Waals surface area contributed by atoms with Crippen LogP contribution in [0.2, 0.25) is 5.02 Å². The summed E-state index contributed by atoms with van der Waals surface area (Å²) >= 11 is 6.26. The summed E-state index contributed by atoms with van der Waals surface area (Å²) in [7, 11) is 0. The summed E-state index contributed by atoms with van der Waals surface area (Å²) in [5, 5.41) is 1.81. The number of benzene rings is 1. The van der Waals surface area contributed by atoms with Crippen LogP contribution in [0.15, 0.2) is 23.2 Å². The third kappa shape index (κ3) is 2.71. The first kappa shape index (κ1) is 16.5. The third-order valence-corrected chi connectivity index (χ3v) is 6.35. The zero-order chi connectivity index (χ0) is 17.8. The van der Waals surface area contributed by atoms with Crippen molar-refractivity contribution < 1.29 is 4.74 Å². The highest BCUT2D eigenvalue weighted by atomic mass is 35.5. The molecule has 5 rings (SSSR count). The molecule has 26 heavy (non-hydrogen) atoms. The van der Waals surface area contributed by atoms with Crippen molar-refractivity contribution in [3.8, 4) is 0 Å². The summed E-state index contributed by atoms with van der Waals surface area (Å²) in [5.41, 5.74) is 3.14. The second-order valence-electron chi connectivity index (χ2n) is 8.08.